The van der Waals surface area contributed by atoms with Crippen LogP contribution in [-0.2, 0) is 22.5 Å². The molecule has 2 unspecified atom stereocenters. The van der Waals surface area contributed by atoms with Crippen molar-refractivity contribution in [2.75, 3.05) is 14.2 Å². The van der Waals surface area contributed by atoms with Crippen molar-refractivity contribution >= 4 is 36.6 Å². The topological polar surface area (TPSA) is 61.8 Å². The van der Waals surface area contributed by atoms with Crippen molar-refractivity contribution in [2.24, 2.45) is 0 Å². The Kier molecular flexibility index (Phi) is 2.93. The van der Waals surface area contributed by atoms with Crippen molar-refractivity contribution in [3.8, 4) is 0 Å². The molecule has 1 aliphatic heterocycles. The summed E-state index contributed by atoms with van der Waals surface area (Å²) >= 11 is 0. The van der Waals surface area contributed by atoms with Crippen LogP contribution in [0.2, 0.25) is 0 Å². The summed E-state index contributed by atoms with van der Waals surface area (Å²) in [6.45, 7) is 0. The van der Waals surface area contributed by atoms with E-state index >= 15 is 0 Å². The molecule has 0 fully saturated rings. The van der Waals surface area contributed by atoms with Gasteiger partial charge < -0.3 is 9.05 Å². The van der Waals surface area contributed by atoms with Crippen molar-refractivity contribution in [3.05, 3.63) is 36.4 Å². The van der Waals surface area contributed by atoms with E-state index in [1.165, 1.54) is 14.2 Å². The zero-order chi connectivity index (χ0) is 13.7. The quantitative estimate of drug-likeness (QED) is 0.798. The summed E-state index contributed by atoms with van der Waals surface area (Å²) in [6.07, 6.45) is 0. The van der Waals surface area contributed by atoms with Crippen molar-refractivity contribution < 1.29 is 22.5 Å². The highest BCUT2D eigenvalue weighted by Gasteiger charge is 2.46. The fraction of sp³-hybridized carbons (Fsp3) is 0.167. The normalized spacial score (nSPS) is 29.6. The Balaban J connectivity index is 2.52. The van der Waals surface area contributed by atoms with Gasteiger partial charge in [-0.15, -0.1) is 0 Å². The fourth-order valence-corrected chi connectivity index (χ4v) is 6.69. The number of rotatable bonds is 2. The average molecular weight is 298 g/mol. The summed E-state index contributed by atoms with van der Waals surface area (Å²) in [7, 11) is -4.71. The molecule has 2 atom stereocenters. The van der Waals surface area contributed by atoms with Gasteiger partial charge in [0.1, 0.15) is 0 Å². The van der Waals surface area contributed by atoms with E-state index in [-0.39, 0.29) is 0 Å². The third-order valence-electron chi connectivity index (χ3n) is 3.15. The molecule has 3 rings (SSSR count). The molecule has 2 aromatic rings. The Labute approximate surface area is 110 Å². The number of hydrogen-bond donors (Lipinski definition) is 0. The average Bonchev–Trinajstić information content (AvgIpc) is 2.44. The van der Waals surface area contributed by atoms with Gasteiger partial charge >= 0.3 is 15.2 Å². The smallest absolute Gasteiger partial charge is 0.308 e. The highest BCUT2D eigenvalue weighted by Crippen LogP contribution is 2.66. The molecule has 0 bridgehead atoms. The Morgan fingerprint density at radius 2 is 1.37 bits per heavy atom. The molecule has 0 aromatic heterocycles. The molecular formula is C12H12O5P2. The van der Waals surface area contributed by atoms with Gasteiger partial charge in [-0.25, -0.2) is 4.31 Å². The van der Waals surface area contributed by atoms with E-state index in [4.69, 9.17) is 13.4 Å². The van der Waals surface area contributed by atoms with Crippen LogP contribution in [-0.4, -0.2) is 14.2 Å². The van der Waals surface area contributed by atoms with Crippen LogP contribution in [0.4, 0.5) is 0 Å². The van der Waals surface area contributed by atoms with Crippen LogP contribution >= 0.6 is 15.2 Å². The standard InChI is InChI=1S/C12H12O5P2/c1-15-18(13)10-7-3-5-9-6-4-8-11(12(9)10)19(14,16-2)17-18/h3-8H,1-2H3. The summed E-state index contributed by atoms with van der Waals surface area (Å²) in [5.74, 6) is 0. The summed E-state index contributed by atoms with van der Waals surface area (Å²) in [6, 6.07) is 10.6. The maximum atomic E-state index is 12.7. The summed E-state index contributed by atoms with van der Waals surface area (Å²) < 4.78 is 40.6. The van der Waals surface area contributed by atoms with Crippen LogP contribution in [0.5, 0.6) is 0 Å². The Morgan fingerprint density at radius 1 is 0.895 bits per heavy atom. The molecule has 0 aliphatic carbocycles. The molecule has 7 heteroatoms. The zero-order valence-corrected chi connectivity index (χ0v) is 12.2. The first-order valence-corrected chi connectivity index (χ1v) is 8.68. The lowest BCUT2D eigenvalue weighted by atomic mass is 10.1. The minimum Gasteiger partial charge on any atom is -0.308 e. The largest absolute Gasteiger partial charge is 0.369 e. The lowest BCUT2D eigenvalue weighted by molar-refractivity contribution is 0.290. The van der Waals surface area contributed by atoms with Gasteiger partial charge in [-0.05, 0) is 17.5 Å². The molecule has 0 spiro atoms. The van der Waals surface area contributed by atoms with E-state index in [9.17, 15) is 9.13 Å². The van der Waals surface area contributed by atoms with Crippen molar-refractivity contribution in [1.29, 1.82) is 0 Å². The molecular weight excluding hydrogens is 286 g/mol. The first-order valence-electron chi connectivity index (χ1n) is 5.60. The lowest BCUT2D eigenvalue weighted by Crippen LogP contribution is -2.24. The second kappa shape index (κ2) is 4.27. The van der Waals surface area contributed by atoms with Gasteiger partial charge in [-0.1, -0.05) is 24.3 Å². The molecule has 5 nitrogen and oxygen atoms in total. The van der Waals surface area contributed by atoms with E-state index < -0.39 is 15.2 Å². The van der Waals surface area contributed by atoms with Crippen molar-refractivity contribution in [1.82, 2.24) is 0 Å². The maximum Gasteiger partial charge on any atom is 0.369 e. The second-order valence-corrected chi connectivity index (χ2v) is 8.43. The third-order valence-corrected chi connectivity index (χ3v) is 7.75. The number of benzene rings is 2. The molecule has 0 saturated heterocycles. The lowest BCUT2D eigenvalue weighted by Gasteiger charge is -2.29. The summed E-state index contributed by atoms with van der Waals surface area (Å²) in [4.78, 5) is 0. The first-order chi connectivity index (χ1) is 9.04. The highest BCUT2D eigenvalue weighted by molar-refractivity contribution is 7.77. The van der Waals surface area contributed by atoms with Gasteiger partial charge in [0.2, 0.25) is 0 Å². The molecule has 1 aliphatic rings. The van der Waals surface area contributed by atoms with Crippen LogP contribution in [0.1, 0.15) is 0 Å². The van der Waals surface area contributed by atoms with Gasteiger partial charge in [-0.3, -0.25) is 9.13 Å². The Hall–Kier alpha value is -0.960. The SMILES string of the molecule is COP1(=O)OP(=O)(OC)c2cccc3cccc1c23. The minimum atomic E-state index is -3.63. The van der Waals surface area contributed by atoms with Gasteiger partial charge in [-0.2, -0.15) is 0 Å². The van der Waals surface area contributed by atoms with Crippen LogP contribution < -0.4 is 10.6 Å². The van der Waals surface area contributed by atoms with E-state index in [0.29, 0.717) is 16.0 Å². The summed E-state index contributed by atoms with van der Waals surface area (Å²) in [5, 5.41) is 2.30. The predicted octanol–water partition coefficient (Wildman–Crippen LogP) is 2.80. The predicted molar refractivity (Wildman–Crippen MR) is 73.5 cm³/mol. The van der Waals surface area contributed by atoms with Crippen molar-refractivity contribution in [3.63, 3.8) is 0 Å². The maximum absolute atomic E-state index is 12.7. The van der Waals surface area contributed by atoms with Crippen LogP contribution in [0, 0.1) is 0 Å². The molecule has 19 heavy (non-hydrogen) atoms. The monoisotopic (exact) mass is 298 g/mol. The van der Waals surface area contributed by atoms with E-state index in [1.54, 1.807) is 24.3 Å². The fourth-order valence-electron chi connectivity index (χ4n) is 2.25. The van der Waals surface area contributed by atoms with E-state index in [0.717, 1.165) is 5.39 Å². The molecule has 0 N–H and O–H groups in total. The molecule has 0 radical (unpaired) electrons. The van der Waals surface area contributed by atoms with Gasteiger partial charge in [0.25, 0.3) is 0 Å². The second-order valence-electron chi connectivity index (χ2n) is 4.09. The minimum absolute atomic E-state index is 0.423. The third kappa shape index (κ3) is 1.74. The van der Waals surface area contributed by atoms with Crippen molar-refractivity contribution in [2.45, 2.75) is 0 Å². The van der Waals surface area contributed by atoms with Crippen LogP contribution in [0.25, 0.3) is 10.8 Å². The van der Waals surface area contributed by atoms with E-state index in [2.05, 4.69) is 0 Å². The zero-order valence-electron chi connectivity index (χ0n) is 10.4. The molecule has 0 amide bonds. The molecule has 1 heterocycles. The molecule has 100 valence electrons. The Bertz CT molecular complexity index is 696. The molecule has 2 aromatic carbocycles. The Morgan fingerprint density at radius 3 is 1.79 bits per heavy atom. The van der Waals surface area contributed by atoms with Gasteiger partial charge in [0.05, 0.1) is 10.6 Å². The first kappa shape index (κ1) is 13.0. The van der Waals surface area contributed by atoms with Crippen LogP contribution in [0.15, 0.2) is 36.4 Å². The highest BCUT2D eigenvalue weighted by atomic mass is 31.3. The van der Waals surface area contributed by atoms with Crippen LogP contribution in [0.3, 0.4) is 0 Å². The number of hydrogen-bond acceptors (Lipinski definition) is 5. The van der Waals surface area contributed by atoms with E-state index in [1.807, 2.05) is 12.1 Å². The van der Waals surface area contributed by atoms with Gasteiger partial charge in [0.15, 0.2) is 0 Å². The molecule has 0 saturated carbocycles. The summed E-state index contributed by atoms with van der Waals surface area (Å²) in [5.41, 5.74) is 0. The van der Waals surface area contributed by atoms with Gasteiger partial charge in [0, 0.05) is 19.6 Å².